The van der Waals surface area contributed by atoms with E-state index in [1.54, 1.807) is 0 Å². The second-order valence-electron chi connectivity index (χ2n) is 5.46. The van der Waals surface area contributed by atoms with Crippen molar-refractivity contribution in [2.45, 2.75) is 6.29 Å². The summed E-state index contributed by atoms with van der Waals surface area (Å²) < 4.78 is 16.1. The standard InChI is InChI=1S/C19H16O4/c20-19(23-12-17-21-9-10-22-17)18-15-7-3-1-5-13(15)11-14-6-2-4-8-16(14)18/h1-8,11,17H,9-10,12H2. The Kier molecular flexibility index (Phi) is 3.69. The van der Waals surface area contributed by atoms with Crippen LogP contribution in [0.4, 0.5) is 0 Å². The highest BCUT2D eigenvalue weighted by Gasteiger charge is 2.21. The lowest BCUT2D eigenvalue weighted by Gasteiger charge is -2.13. The average molecular weight is 308 g/mol. The number of rotatable bonds is 3. The summed E-state index contributed by atoms with van der Waals surface area (Å²) in [4.78, 5) is 12.7. The molecule has 0 spiro atoms. The van der Waals surface area contributed by atoms with Crippen LogP contribution in [0.2, 0.25) is 0 Å². The number of ether oxygens (including phenoxy) is 3. The third-order valence-corrected chi connectivity index (χ3v) is 4.02. The van der Waals surface area contributed by atoms with Crippen molar-refractivity contribution in [1.29, 1.82) is 0 Å². The van der Waals surface area contributed by atoms with E-state index in [9.17, 15) is 4.79 Å². The lowest BCUT2D eigenvalue weighted by molar-refractivity contribution is -0.0808. The van der Waals surface area contributed by atoms with Crippen LogP contribution < -0.4 is 0 Å². The first-order valence-corrected chi connectivity index (χ1v) is 7.64. The summed E-state index contributed by atoms with van der Waals surface area (Å²) in [7, 11) is 0. The van der Waals surface area contributed by atoms with Crippen LogP contribution in [-0.4, -0.2) is 32.1 Å². The molecule has 0 radical (unpaired) electrons. The molecule has 0 N–H and O–H groups in total. The van der Waals surface area contributed by atoms with Crippen molar-refractivity contribution >= 4 is 27.5 Å². The molecule has 116 valence electrons. The first-order chi connectivity index (χ1) is 11.3. The van der Waals surface area contributed by atoms with Gasteiger partial charge in [-0.3, -0.25) is 0 Å². The maximum absolute atomic E-state index is 12.7. The second-order valence-corrected chi connectivity index (χ2v) is 5.46. The zero-order valence-electron chi connectivity index (χ0n) is 12.5. The van der Waals surface area contributed by atoms with E-state index in [2.05, 4.69) is 6.07 Å². The lowest BCUT2D eigenvalue weighted by Crippen LogP contribution is -2.19. The van der Waals surface area contributed by atoms with Gasteiger partial charge in [0.2, 0.25) is 0 Å². The maximum Gasteiger partial charge on any atom is 0.339 e. The quantitative estimate of drug-likeness (QED) is 0.548. The summed E-state index contributed by atoms with van der Waals surface area (Å²) in [5.74, 6) is -0.350. The van der Waals surface area contributed by atoms with Gasteiger partial charge >= 0.3 is 5.97 Å². The van der Waals surface area contributed by atoms with Gasteiger partial charge in [0.1, 0.15) is 6.61 Å². The van der Waals surface area contributed by atoms with Gasteiger partial charge in [0.25, 0.3) is 0 Å². The van der Waals surface area contributed by atoms with E-state index in [1.165, 1.54) is 0 Å². The van der Waals surface area contributed by atoms with Crippen molar-refractivity contribution in [2.24, 2.45) is 0 Å². The van der Waals surface area contributed by atoms with E-state index >= 15 is 0 Å². The molecule has 3 aromatic carbocycles. The van der Waals surface area contributed by atoms with E-state index in [0.29, 0.717) is 18.8 Å². The van der Waals surface area contributed by atoms with Gasteiger partial charge in [-0.1, -0.05) is 48.5 Å². The normalized spacial score (nSPS) is 15.3. The molecule has 3 aromatic rings. The Hall–Kier alpha value is -2.43. The van der Waals surface area contributed by atoms with Crippen LogP contribution in [0.25, 0.3) is 21.5 Å². The molecule has 0 amide bonds. The van der Waals surface area contributed by atoms with Crippen LogP contribution in [0, 0.1) is 0 Å². The number of benzene rings is 3. The third kappa shape index (κ3) is 2.67. The summed E-state index contributed by atoms with van der Waals surface area (Å²) in [6.45, 7) is 1.19. The van der Waals surface area contributed by atoms with Crippen LogP contribution >= 0.6 is 0 Å². The summed E-state index contributed by atoms with van der Waals surface area (Å²) in [5, 5.41) is 3.83. The number of hydrogen-bond acceptors (Lipinski definition) is 4. The van der Waals surface area contributed by atoms with Gasteiger partial charge in [0.15, 0.2) is 6.29 Å². The number of fused-ring (bicyclic) bond motifs is 2. The fraction of sp³-hybridized carbons (Fsp3) is 0.211. The molecule has 0 saturated carbocycles. The highest BCUT2D eigenvalue weighted by atomic mass is 16.7. The van der Waals surface area contributed by atoms with E-state index in [1.807, 2.05) is 48.5 Å². The van der Waals surface area contributed by atoms with Gasteiger partial charge in [-0.05, 0) is 27.6 Å². The summed E-state index contributed by atoms with van der Waals surface area (Å²) in [6, 6.07) is 17.8. The zero-order chi connectivity index (χ0) is 15.6. The first kappa shape index (κ1) is 14.2. The van der Waals surface area contributed by atoms with Crippen molar-refractivity contribution in [1.82, 2.24) is 0 Å². The number of carbonyl (C=O) groups is 1. The minimum absolute atomic E-state index is 0.108. The Labute approximate surface area is 133 Å². The maximum atomic E-state index is 12.7. The minimum Gasteiger partial charge on any atom is -0.457 e. The highest BCUT2D eigenvalue weighted by molar-refractivity contribution is 6.16. The molecule has 23 heavy (non-hydrogen) atoms. The Morgan fingerprint density at radius 3 is 2.13 bits per heavy atom. The molecule has 1 aliphatic heterocycles. The Morgan fingerprint density at radius 2 is 1.52 bits per heavy atom. The summed E-state index contributed by atoms with van der Waals surface area (Å²) in [5.41, 5.74) is 0.594. The van der Waals surface area contributed by atoms with Crippen molar-refractivity contribution in [2.75, 3.05) is 19.8 Å². The van der Waals surface area contributed by atoms with E-state index in [-0.39, 0.29) is 12.6 Å². The smallest absolute Gasteiger partial charge is 0.339 e. The van der Waals surface area contributed by atoms with E-state index in [0.717, 1.165) is 21.5 Å². The molecule has 0 bridgehead atoms. The van der Waals surface area contributed by atoms with Crippen LogP contribution in [0.5, 0.6) is 0 Å². The predicted octanol–water partition coefficient (Wildman–Crippen LogP) is 3.52. The van der Waals surface area contributed by atoms with Gasteiger partial charge in [0.05, 0.1) is 18.8 Å². The molecule has 1 heterocycles. The van der Waals surface area contributed by atoms with Crippen molar-refractivity contribution in [3.05, 3.63) is 60.2 Å². The Morgan fingerprint density at radius 1 is 0.957 bits per heavy atom. The lowest BCUT2D eigenvalue weighted by atomic mass is 9.97. The molecule has 1 aliphatic rings. The van der Waals surface area contributed by atoms with Crippen molar-refractivity contribution in [3.8, 4) is 0 Å². The number of hydrogen-bond donors (Lipinski definition) is 0. The zero-order valence-corrected chi connectivity index (χ0v) is 12.5. The monoisotopic (exact) mass is 308 g/mol. The molecule has 1 fully saturated rings. The van der Waals surface area contributed by atoms with Crippen molar-refractivity contribution in [3.63, 3.8) is 0 Å². The third-order valence-electron chi connectivity index (χ3n) is 4.02. The van der Waals surface area contributed by atoms with Crippen molar-refractivity contribution < 1.29 is 19.0 Å². The van der Waals surface area contributed by atoms with Gasteiger partial charge < -0.3 is 14.2 Å². The van der Waals surface area contributed by atoms with Crippen LogP contribution in [0.1, 0.15) is 10.4 Å². The molecule has 0 unspecified atom stereocenters. The molecule has 0 aliphatic carbocycles. The van der Waals surface area contributed by atoms with Gasteiger partial charge in [-0.25, -0.2) is 4.79 Å². The highest BCUT2D eigenvalue weighted by Crippen LogP contribution is 2.29. The van der Waals surface area contributed by atoms with Gasteiger partial charge in [-0.15, -0.1) is 0 Å². The molecule has 1 saturated heterocycles. The minimum atomic E-state index is -0.458. The van der Waals surface area contributed by atoms with Crippen LogP contribution in [-0.2, 0) is 14.2 Å². The predicted molar refractivity (Wildman–Crippen MR) is 87.4 cm³/mol. The van der Waals surface area contributed by atoms with E-state index in [4.69, 9.17) is 14.2 Å². The average Bonchev–Trinajstić information content (AvgIpc) is 3.11. The fourth-order valence-electron chi connectivity index (χ4n) is 2.95. The molecule has 0 aromatic heterocycles. The van der Waals surface area contributed by atoms with E-state index < -0.39 is 6.29 Å². The van der Waals surface area contributed by atoms with Crippen LogP contribution in [0.15, 0.2) is 54.6 Å². The van der Waals surface area contributed by atoms with Gasteiger partial charge in [-0.2, -0.15) is 0 Å². The second kappa shape index (κ2) is 5.99. The first-order valence-electron chi connectivity index (χ1n) is 7.64. The number of carbonyl (C=O) groups excluding carboxylic acids is 1. The molecular formula is C19H16O4. The Balaban J connectivity index is 1.77. The van der Waals surface area contributed by atoms with Crippen LogP contribution in [0.3, 0.4) is 0 Å². The topological polar surface area (TPSA) is 44.8 Å². The fourth-order valence-corrected chi connectivity index (χ4v) is 2.95. The largest absolute Gasteiger partial charge is 0.457 e. The summed E-state index contributed by atoms with van der Waals surface area (Å²) in [6.07, 6.45) is -0.458. The molecule has 0 atom stereocenters. The molecule has 4 nitrogen and oxygen atoms in total. The number of esters is 1. The van der Waals surface area contributed by atoms with Gasteiger partial charge in [0, 0.05) is 0 Å². The Bertz CT molecular complexity index is 812. The summed E-state index contributed by atoms with van der Waals surface area (Å²) >= 11 is 0. The molecular weight excluding hydrogens is 292 g/mol. The molecule has 4 rings (SSSR count). The SMILES string of the molecule is O=C(OCC1OCCO1)c1c2ccccc2cc2ccccc12. The molecule has 4 heteroatoms.